The van der Waals surface area contributed by atoms with E-state index in [9.17, 15) is 0 Å². The van der Waals surface area contributed by atoms with Gasteiger partial charge in [-0.05, 0) is 48.2 Å². The van der Waals surface area contributed by atoms with Crippen molar-refractivity contribution in [2.24, 2.45) is 9.98 Å². The summed E-state index contributed by atoms with van der Waals surface area (Å²) in [5, 5.41) is 4.21. The molecular formula is C30H27N3O2. The van der Waals surface area contributed by atoms with Crippen molar-refractivity contribution in [1.82, 2.24) is 4.98 Å². The summed E-state index contributed by atoms with van der Waals surface area (Å²) in [6.45, 7) is 5.38. The van der Waals surface area contributed by atoms with Gasteiger partial charge in [0.2, 0.25) is 11.8 Å². The van der Waals surface area contributed by atoms with Gasteiger partial charge in [0, 0.05) is 22.9 Å². The van der Waals surface area contributed by atoms with Crippen LogP contribution >= 0.6 is 0 Å². The van der Waals surface area contributed by atoms with Gasteiger partial charge in [-0.25, -0.2) is 9.98 Å². The van der Waals surface area contributed by atoms with Crippen LogP contribution < -0.4 is 10.7 Å². The Kier molecular flexibility index (Phi) is 5.45. The van der Waals surface area contributed by atoms with E-state index in [1.54, 1.807) is 0 Å². The molecule has 2 aliphatic rings. The molecule has 3 heterocycles. The van der Waals surface area contributed by atoms with Crippen LogP contribution in [0.5, 0.6) is 0 Å². The predicted octanol–water partition coefficient (Wildman–Crippen LogP) is 4.69. The third-order valence-electron chi connectivity index (χ3n) is 6.73. The Hall–Kier alpha value is -4.12. The molecule has 0 fully saturated rings. The van der Waals surface area contributed by atoms with Crippen molar-refractivity contribution >= 4 is 34.7 Å². The van der Waals surface area contributed by atoms with Crippen molar-refractivity contribution in [2.75, 3.05) is 13.2 Å². The van der Waals surface area contributed by atoms with Gasteiger partial charge in [-0.15, -0.1) is 0 Å². The van der Waals surface area contributed by atoms with Crippen molar-refractivity contribution in [3.8, 4) is 0 Å². The highest BCUT2D eigenvalue weighted by atomic mass is 16.5. The van der Waals surface area contributed by atoms with Gasteiger partial charge in [-0.2, -0.15) is 0 Å². The Morgan fingerprint density at radius 1 is 0.686 bits per heavy atom. The summed E-state index contributed by atoms with van der Waals surface area (Å²) in [6.07, 6.45) is 4.00. The van der Waals surface area contributed by atoms with Gasteiger partial charge >= 0.3 is 0 Å². The first-order chi connectivity index (χ1) is 17.1. The summed E-state index contributed by atoms with van der Waals surface area (Å²) < 4.78 is 11.9. The maximum atomic E-state index is 5.95. The number of H-pyrrole nitrogens is 1. The van der Waals surface area contributed by atoms with E-state index < -0.39 is 0 Å². The number of fused-ring (bicyclic) bond motifs is 1. The van der Waals surface area contributed by atoms with Crippen molar-refractivity contribution < 1.29 is 9.47 Å². The third-order valence-corrected chi connectivity index (χ3v) is 6.73. The molecule has 2 aliphatic heterocycles. The fourth-order valence-electron chi connectivity index (χ4n) is 4.65. The minimum atomic E-state index is 0.0230. The van der Waals surface area contributed by atoms with E-state index in [4.69, 9.17) is 19.5 Å². The zero-order valence-electron chi connectivity index (χ0n) is 19.9. The molecule has 0 spiro atoms. The van der Waals surface area contributed by atoms with E-state index in [0.29, 0.717) is 25.0 Å². The Balaban J connectivity index is 1.41. The van der Waals surface area contributed by atoms with Crippen LogP contribution in [0.25, 0.3) is 22.9 Å². The molecule has 1 N–H and O–H groups in total. The monoisotopic (exact) mass is 461 g/mol. The lowest BCUT2D eigenvalue weighted by Crippen LogP contribution is -2.14. The number of aliphatic imine (C=N–C) groups is 2. The summed E-state index contributed by atoms with van der Waals surface area (Å²) in [5.74, 6) is 1.29. The second-order valence-corrected chi connectivity index (χ2v) is 9.13. The lowest BCUT2D eigenvalue weighted by Gasteiger charge is -2.03. The number of aromatic amines is 1. The Bertz CT molecular complexity index is 1450. The first-order valence-electron chi connectivity index (χ1n) is 12.0. The Morgan fingerprint density at radius 3 is 1.54 bits per heavy atom. The van der Waals surface area contributed by atoms with E-state index in [-0.39, 0.29) is 12.1 Å². The van der Waals surface area contributed by atoms with Crippen molar-refractivity contribution in [3.63, 3.8) is 0 Å². The van der Waals surface area contributed by atoms with Gasteiger partial charge in [-0.3, -0.25) is 0 Å². The highest BCUT2D eigenvalue weighted by molar-refractivity contribution is 6.09. The summed E-state index contributed by atoms with van der Waals surface area (Å²) in [4.78, 5) is 13.2. The average molecular weight is 462 g/mol. The van der Waals surface area contributed by atoms with E-state index in [1.165, 1.54) is 11.1 Å². The fourth-order valence-corrected chi connectivity index (χ4v) is 4.65. The van der Waals surface area contributed by atoms with Crippen molar-refractivity contribution in [1.29, 1.82) is 0 Å². The van der Waals surface area contributed by atoms with Crippen LogP contribution in [-0.2, 0) is 9.47 Å². The molecule has 2 atom stereocenters. The second-order valence-electron chi connectivity index (χ2n) is 9.13. The van der Waals surface area contributed by atoms with Crippen LogP contribution in [0.2, 0.25) is 0 Å². The number of nitrogens with one attached hydrogen (secondary N) is 1. The molecule has 6 rings (SSSR count). The predicted molar refractivity (Wildman–Crippen MR) is 141 cm³/mol. The zero-order chi connectivity index (χ0) is 23.8. The molecule has 4 aromatic rings. The summed E-state index contributed by atoms with van der Waals surface area (Å²) in [5.41, 5.74) is 4.81. The maximum Gasteiger partial charge on any atom is 0.211 e. The maximum absolute atomic E-state index is 5.95. The number of nitrogens with zero attached hydrogens (tertiary/aromatic N) is 2. The third kappa shape index (κ3) is 4.26. The molecule has 35 heavy (non-hydrogen) atoms. The highest BCUT2D eigenvalue weighted by Crippen LogP contribution is 2.24. The number of benzene rings is 3. The molecule has 3 aromatic carbocycles. The van der Waals surface area contributed by atoms with Gasteiger partial charge in [0.25, 0.3) is 0 Å². The van der Waals surface area contributed by atoms with Crippen LogP contribution in [0.15, 0.2) is 82.8 Å². The minimum Gasteiger partial charge on any atom is -0.475 e. The standard InChI is InChI=1S/C30H27N3O2/c1-19-13-23-24(14-20(19)2)26(16-30-33-28(18-35-30)22-11-7-4-8-12-22)31-25(23)15-29-32-27(17-34-29)21-9-5-3-6-10-21/h3-16,27-28,31H,17-18H2,1-2H3/b25-15-,26-16-/t27-,28?/m1/s1. The number of hydrogen-bond acceptors (Lipinski definition) is 4. The number of ether oxygens (including phenoxy) is 2. The van der Waals surface area contributed by atoms with E-state index >= 15 is 0 Å². The van der Waals surface area contributed by atoms with Gasteiger partial charge in [0.15, 0.2) is 0 Å². The summed E-state index contributed by atoms with van der Waals surface area (Å²) >= 11 is 0. The fraction of sp³-hybridized carbons (Fsp3) is 0.200. The zero-order valence-corrected chi connectivity index (χ0v) is 19.9. The van der Waals surface area contributed by atoms with Crippen molar-refractivity contribution in [3.05, 3.63) is 106 Å². The van der Waals surface area contributed by atoms with Crippen molar-refractivity contribution in [2.45, 2.75) is 25.9 Å². The van der Waals surface area contributed by atoms with Crippen LogP contribution in [0.4, 0.5) is 0 Å². The first kappa shape index (κ1) is 21.4. The molecule has 5 heteroatoms. The average Bonchev–Trinajstić information content (AvgIpc) is 3.62. The first-order valence-corrected chi connectivity index (χ1v) is 12.0. The lowest BCUT2D eigenvalue weighted by molar-refractivity contribution is 0.323. The minimum absolute atomic E-state index is 0.0230. The van der Waals surface area contributed by atoms with Gasteiger partial charge in [0.05, 0.1) is 10.7 Å². The van der Waals surface area contributed by atoms with Crippen LogP contribution in [0.1, 0.15) is 34.3 Å². The molecule has 174 valence electrons. The molecule has 0 saturated heterocycles. The van der Waals surface area contributed by atoms with Crippen LogP contribution in [0, 0.1) is 13.8 Å². The topological polar surface area (TPSA) is 59.0 Å². The normalized spacial score (nSPS) is 20.6. The van der Waals surface area contributed by atoms with E-state index in [0.717, 1.165) is 32.6 Å². The van der Waals surface area contributed by atoms with E-state index in [1.807, 2.05) is 48.6 Å². The summed E-state index contributed by atoms with van der Waals surface area (Å²) in [7, 11) is 0. The molecule has 0 bridgehead atoms. The molecule has 1 aromatic heterocycles. The highest BCUT2D eigenvalue weighted by Gasteiger charge is 2.21. The molecule has 0 radical (unpaired) electrons. The lowest BCUT2D eigenvalue weighted by atomic mass is 10.0. The Labute approximate surface area is 204 Å². The number of aryl methyl sites for hydroxylation is 2. The SMILES string of the molecule is Cc1cc2/c(=C/C3=NC(c4ccccc4)CO3)[nH]/c(=C\C3=N[C@@H](c4ccccc4)CO3)c2cc1C. The Morgan fingerprint density at radius 2 is 1.11 bits per heavy atom. The molecule has 5 nitrogen and oxygen atoms in total. The van der Waals surface area contributed by atoms with Crippen LogP contribution in [0.3, 0.4) is 0 Å². The molecule has 0 saturated carbocycles. The van der Waals surface area contributed by atoms with Gasteiger partial charge in [-0.1, -0.05) is 60.7 Å². The summed E-state index contributed by atoms with van der Waals surface area (Å²) in [6, 6.07) is 25.0. The quantitative estimate of drug-likeness (QED) is 0.480. The number of rotatable bonds is 4. The smallest absolute Gasteiger partial charge is 0.211 e. The van der Waals surface area contributed by atoms with Gasteiger partial charge < -0.3 is 14.5 Å². The van der Waals surface area contributed by atoms with E-state index in [2.05, 4.69) is 55.2 Å². The molecule has 1 unspecified atom stereocenters. The molecule has 0 aliphatic carbocycles. The largest absolute Gasteiger partial charge is 0.475 e. The number of aromatic nitrogens is 1. The van der Waals surface area contributed by atoms with Gasteiger partial charge in [0.1, 0.15) is 25.3 Å². The second kappa shape index (κ2) is 8.91. The molecule has 0 amide bonds. The molecular weight excluding hydrogens is 434 g/mol. The van der Waals surface area contributed by atoms with Crippen LogP contribution in [-0.4, -0.2) is 30.0 Å². The number of hydrogen-bond donors (Lipinski definition) is 1.